The number of halogens is 2. The molecule has 0 unspecified atom stereocenters. The fraction of sp³-hybridized carbons (Fsp3) is 0.179. The van der Waals surface area contributed by atoms with E-state index < -0.39 is 17.7 Å². The van der Waals surface area contributed by atoms with Gasteiger partial charge in [0.05, 0.1) is 16.8 Å². The lowest BCUT2D eigenvalue weighted by Gasteiger charge is -2.35. The zero-order valence-electron chi connectivity index (χ0n) is 19.6. The molecule has 1 amide bonds. The lowest BCUT2D eigenvalue weighted by atomic mass is 9.95. The van der Waals surface area contributed by atoms with Gasteiger partial charge in [-0.3, -0.25) is 4.98 Å². The molecule has 0 saturated carbocycles. The topological polar surface area (TPSA) is 109 Å². The van der Waals surface area contributed by atoms with Crippen LogP contribution in [0.3, 0.4) is 0 Å². The Morgan fingerprint density at radius 2 is 1.76 bits per heavy atom. The average Bonchev–Trinajstić information content (AvgIpc) is 2.87. The molecule has 0 radical (unpaired) electrons. The molecule has 37 heavy (non-hydrogen) atoms. The monoisotopic (exact) mass is 500 g/mol. The number of fused-ring (bicyclic) bond motifs is 1. The number of anilines is 1. The molecular formula is C28H22F2N4O3. The van der Waals surface area contributed by atoms with Crippen molar-refractivity contribution in [2.24, 2.45) is 0 Å². The number of pyridine rings is 1. The third-order valence-corrected chi connectivity index (χ3v) is 6.62. The summed E-state index contributed by atoms with van der Waals surface area (Å²) in [5, 5.41) is 32.3. The second kappa shape index (κ2) is 9.74. The van der Waals surface area contributed by atoms with Crippen LogP contribution in [0.1, 0.15) is 18.4 Å². The number of hydrogen-bond acceptors (Lipinski definition) is 5. The number of carboxylic acid groups (broad SMARTS) is 1. The molecule has 1 fully saturated rings. The Balaban J connectivity index is 1.69. The van der Waals surface area contributed by atoms with Crippen molar-refractivity contribution >= 4 is 22.7 Å². The summed E-state index contributed by atoms with van der Waals surface area (Å²) in [6, 6.07) is 15.4. The van der Waals surface area contributed by atoms with Crippen LogP contribution in [-0.2, 0) is 0 Å². The van der Waals surface area contributed by atoms with Gasteiger partial charge in [0, 0.05) is 47.9 Å². The van der Waals surface area contributed by atoms with Crippen LogP contribution in [-0.4, -0.2) is 40.4 Å². The van der Waals surface area contributed by atoms with E-state index in [9.17, 15) is 23.9 Å². The standard InChI is InChI=1S/C28H22F2N4O3/c29-19-10-18(11-20(30)13-19)24-15-32-25-5-4-16(22-3-1-2-17(14-31)27(22)35)12-23(25)26(24)34-8-6-21(7-9-34)33-28(36)37/h1-5,10-13,15,21,33,35H,6-9H2,(H,36,37). The minimum atomic E-state index is -1.08. The first-order valence-electron chi connectivity index (χ1n) is 11.7. The fourth-order valence-corrected chi connectivity index (χ4v) is 4.90. The quantitative estimate of drug-likeness (QED) is 0.334. The van der Waals surface area contributed by atoms with Gasteiger partial charge in [-0.05, 0) is 54.3 Å². The maximum atomic E-state index is 14.2. The number of aromatic hydroxyl groups is 1. The maximum absolute atomic E-state index is 14.2. The van der Waals surface area contributed by atoms with Gasteiger partial charge >= 0.3 is 6.09 Å². The number of rotatable bonds is 4. The third kappa shape index (κ3) is 4.74. The highest BCUT2D eigenvalue weighted by atomic mass is 19.1. The highest BCUT2D eigenvalue weighted by Gasteiger charge is 2.25. The summed E-state index contributed by atoms with van der Waals surface area (Å²) in [7, 11) is 0. The van der Waals surface area contributed by atoms with E-state index in [2.05, 4.69) is 15.2 Å². The van der Waals surface area contributed by atoms with Crippen molar-refractivity contribution in [3.05, 3.63) is 78.0 Å². The highest BCUT2D eigenvalue weighted by Crippen LogP contribution is 2.41. The normalized spacial score (nSPS) is 13.9. The Hall–Kier alpha value is -4.71. The zero-order chi connectivity index (χ0) is 26.1. The van der Waals surface area contributed by atoms with E-state index in [0.29, 0.717) is 64.8 Å². The number of nitrogens with one attached hydrogen (secondary N) is 1. The van der Waals surface area contributed by atoms with Gasteiger partial charge in [0.25, 0.3) is 0 Å². The number of benzene rings is 3. The van der Waals surface area contributed by atoms with Crippen molar-refractivity contribution in [3.8, 4) is 34.1 Å². The van der Waals surface area contributed by atoms with Crippen LogP contribution >= 0.6 is 0 Å². The van der Waals surface area contributed by atoms with Crippen LogP contribution in [0.15, 0.2) is 60.8 Å². The van der Waals surface area contributed by atoms with E-state index in [1.807, 2.05) is 12.1 Å². The zero-order valence-corrected chi connectivity index (χ0v) is 19.6. The number of nitrogens with zero attached hydrogens (tertiary/aromatic N) is 3. The van der Waals surface area contributed by atoms with Gasteiger partial charge in [0.2, 0.25) is 0 Å². The second-order valence-corrected chi connectivity index (χ2v) is 8.93. The van der Waals surface area contributed by atoms with Crippen LogP contribution in [0.2, 0.25) is 0 Å². The largest absolute Gasteiger partial charge is 0.506 e. The van der Waals surface area contributed by atoms with Gasteiger partial charge in [-0.2, -0.15) is 5.26 Å². The first kappa shape index (κ1) is 24.0. The summed E-state index contributed by atoms with van der Waals surface area (Å²) >= 11 is 0. The molecule has 0 spiro atoms. The molecule has 3 N–H and O–H groups in total. The molecule has 4 aromatic rings. The van der Waals surface area contributed by atoms with Crippen LogP contribution < -0.4 is 10.2 Å². The lowest BCUT2D eigenvalue weighted by molar-refractivity contribution is 0.187. The Morgan fingerprint density at radius 1 is 1.03 bits per heavy atom. The second-order valence-electron chi connectivity index (χ2n) is 8.93. The molecule has 3 aromatic carbocycles. The number of hydrogen-bond donors (Lipinski definition) is 3. The first-order chi connectivity index (χ1) is 17.8. The molecule has 186 valence electrons. The number of para-hydroxylation sites is 1. The van der Waals surface area contributed by atoms with E-state index >= 15 is 0 Å². The summed E-state index contributed by atoms with van der Waals surface area (Å²) in [4.78, 5) is 17.7. The van der Waals surface area contributed by atoms with Crippen molar-refractivity contribution < 1.29 is 23.8 Å². The van der Waals surface area contributed by atoms with Crippen LogP contribution in [0, 0.1) is 23.0 Å². The smallest absolute Gasteiger partial charge is 0.404 e. The molecule has 1 aromatic heterocycles. The molecular weight excluding hydrogens is 478 g/mol. The van der Waals surface area contributed by atoms with Gasteiger partial charge in [0.1, 0.15) is 23.5 Å². The van der Waals surface area contributed by atoms with E-state index in [4.69, 9.17) is 5.11 Å². The molecule has 1 aliphatic rings. The fourth-order valence-electron chi connectivity index (χ4n) is 4.90. The predicted octanol–water partition coefficient (Wildman–Crippen LogP) is 5.66. The number of phenols is 1. The van der Waals surface area contributed by atoms with E-state index in [1.54, 1.807) is 30.5 Å². The van der Waals surface area contributed by atoms with Crippen molar-refractivity contribution in [2.75, 3.05) is 18.0 Å². The minimum Gasteiger partial charge on any atom is -0.506 e. The van der Waals surface area contributed by atoms with E-state index in [-0.39, 0.29) is 17.4 Å². The molecule has 0 bridgehead atoms. The summed E-state index contributed by atoms with van der Waals surface area (Å²) in [5.41, 5.74) is 3.47. The van der Waals surface area contributed by atoms with Crippen molar-refractivity contribution in [1.82, 2.24) is 10.3 Å². The third-order valence-electron chi connectivity index (χ3n) is 6.62. The number of aromatic nitrogens is 1. The first-order valence-corrected chi connectivity index (χ1v) is 11.7. The Labute approximate surface area is 211 Å². The minimum absolute atomic E-state index is 0.136. The molecule has 7 nitrogen and oxygen atoms in total. The summed E-state index contributed by atoms with van der Waals surface area (Å²) < 4.78 is 28.4. The predicted molar refractivity (Wildman–Crippen MR) is 135 cm³/mol. The Bertz CT molecular complexity index is 1540. The number of carbonyl (C=O) groups is 1. The lowest BCUT2D eigenvalue weighted by Crippen LogP contribution is -2.44. The summed E-state index contributed by atoms with van der Waals surface area (Å²) in [6.07, 6.45) is 1.61. The molecule has 0 atom stereocenters. The Kier molecular flexibility index (Phi) is 6.32. The highest BCUT2D eigenvalue weighted by molar-refractivity contribution is 6.02. The van der Waals surface area contributed by atoms with Crippen molar-refractivity contribution in [3.63, 3.8) is 0 Å². The van der Waals surface area contributed by atoms with Gasteiger partial charge < -0.3 is 20.4 Å². The van der Waals surface area contributed by atoms with Gasteiger partial charge in [-0.15, -0.1) is 0 Å². The number of phenolic OH excluding ortho intramolecular Hbond substituents is 1. The molecule has 1 saturated heterocycles. The van der Waals surface area contributed by atoms with Gasteiger partial charge in [0.15, 0.2) is 0 Å². The van der Waals surface area contributed by atoms with Crippen molar-refractivity contribution in [2.45, 2.75) is 18.9 Å². The molecule has 9 heteroatoms. The van der Waals surface area contributed by atoms with Crippen molar-refractivity contribution in [1.29, 1.82) is 5.26 Å². The average molecular weight is 501 g/mol. The number of nitriles is 1. The SMILES string of the molecule is N#Cc1cccc(-c2ccc3ncc(-c4cc(F)cc(F)c4)c(N4CCC(NC(=O)O)CC4)c3c2)c1O. The van der Waals surface area contributed by atoms with Crippen LogP contribution in [0.5, 0.6) is 5.75 Å². The van der Waals surface area contributed by atoms with Gasteiger partial charge in [-0.25, -0.2) is 13.6 Å². The molecule has 1 aliphatic heterocycles. The summed E-state index contributed by atoms with van der Waals surface area (Å²) in [6.45, 7) is 1.02. The van der Waals surface area contributed by atoms with E-state index in [0.717, 1.165) is 6.07 Å². The number of amides is 1. The van der Waals surface area contributed by atoms with Gasteiger partial charge in [-0.1, -0.05) is 18.2 Å². The molecule has 2 heterocycles. The van der Waals surface area contributed by atoms with Crippen LogP contribution in [0.25, 0.3) is 33.2 Å². The summed E-state index contributed by atoms with van der Waals surface area (Å²) in [5.74, 6) is -1.56. The van der Waals surface area contributed by atoms with Crippen LogP contribution in [0.4, 0.5) is 19.3 Å². The molecule has 5 rings (SSSR count). The number of piperidine rings is 1. The van der Waals surface area contributed by atoms with E-state index in [1.165, 1.54) is 18.2 Å². The molecule has 0 aliphatic carbocycles. The maximum Gasteiger partial charge on any atom is 0.404 e. The Morgan fingerprint density at radius 3 is 2.43 bits per heavy atom.